The van der Waals surface area contributed by atoms with E-state index in [0.29, 0.717) is 0 Å². The predicted octanol–water partition coefficient (Wildman–Crippen LogP) is 2.72. The van der Waals surface area contributed by atoms with Crippen molar-refractivity contribution < 1.29 is 83.6 Å². The maximum atomic E-state index is 10.1. The van der Waals surface area contributed by atoms with E-state index in [9.17, 15) is 14.4 Å². The molecule has 2 N–H and O–H groups in total. The van der Waals surface area contributed by atoms with Gasteiger partial charge >= 0.3 is 0 Å². The summed E-state index contributed by atoms with van der Waals surface area (Å²) in [4.78, 5) is 37.0. The fourth-order valence-corrected chi connectivity index (χ4v) is 2.06. The maximum absolute atomic E-state index is 10.1. The van der Waals surface area contributed by atoms with Gasteiger partial charge in [0.25, 0.3) is 0 Å². The molecule has 4 heterocycles. The molecule has 0 aliphatic heterocycles. The van der Waals surface area contributed by atoms with Gasteiger partial charge in [0.2, 0.25) is 0 Å². The van der Waals surface area contributed by atoms with Gasteiger partial charge in [-0.15, -0.1) is 0 Å². The fourth-order valence-electron chi connectivity index (χ4n) is 2.06. The van der Waals surface area contributed by atoms with Crippen molar-refractivity contribution in [3.05, 3.63) is 97.6 Å². The van der Waals surface area contributed by atoms with Gasteiger partial charge in [0.05, 0.1) is 22.8 Å². The molecule has 4 rings (SSSR count). The molecule has 0 saturated carbocycles. The molecular formula is C26H33N4O9PV2-10. The van der Waals surface area contributed by atoms with E-state index in [0.717, 1.165) is 37.0 Å². The van der Waals surface area contributed by atoms with Crippen molar-refractivity contribution in [3.8, 4) is 22.8 Å². The third kappa shape index (κ3) is 23.3. The first-order valence-electron chi connectivity index (χ1n) is 10.7. The maximum Gasteiger partial charge on any atom is 0.0886 e. The van der Waals surface area contributed by atoms with E-state index >= 15 is 0 Å². The average Bonchev–Trinajstić information content (AvgIpc) is 2.93. The number of hydrogen-bond acceptors (Lipinski definition) is 9. The van der Waals surface area contributed by atoms with E-state index in [1.54, 1.807) is 24.8 Å². The number of rotatable bonds is 2. The first-order valence-corrected chi connectivity index (χ1v) is 12.3. The van der Waals surface area contributed by atoms with Gasteiger partial charge in [0, 0.05) is 76.1 Å². The molecule has 13 nitrogen and oxygen atoms in total. The van der Waals surface area contributed by atoms with Gasteiger partial charge in [0.1, 0.15) is 0 Å². The molecule has 236 valence electrons. The normalized spacial score (nSPS) is 8.50. The van der Waals surface area contributed by atoms with Crippen LogP contribution in [0.4, 0.5) is 0 Å². The molecule has 0 bridgehead atoms. The zero-order valence-electron chi connectivity index (χ0n) is 23.6. The molecule has 4 aromatic rings. The molecule has 0 atom stereocenters. The Bertz CT molecular complexity index is 964. The fraction of sp³-hybridized carbons (Fsp3) is 0.231. The van der Waals surface area contributed by atoms with Crippen LogP contribution < -0.4 is 9.79 Å². The summed E-state index contributed by atoms with van der Waals surface area (Å²) in [5.41, 5.74) is 3.66. The molecule has 16 heteroatoms. The molecule has 2 radical (unpaired) electrons. The van der Waals surface area contributed by atoms with Gasteiger partial charge in [-0.1, -0.05) is 52.6 Å². The zero-order chi connectivity index (χ0) is 27.5. The van der Waals surface area contributed by atoms with Crippen molar-refractivity contribution in [2.45, 2.75) is 25.9 Å². The number of pyridine rings is 4. The number of aliphatic hydroxyl groups is 2. The van der Waals surface area contributed by atoms with Crippen LogP contribution >= 0.6 is 7.60 Å². The Labute approximate surface area is 270 Å². The van der Waals surface area contributed by atoms with E-state index in [4.69, 9.17) is 10.2 Å². The molecule has 0 unspecified atom stereocenters. The van der Waals surface area contributed by atoms with E-state index < -0.39 is 12.8 Å². The summed E-state index contributed by atoms with van der Waals surface area (Å²) < 4.78 is 10.1. The van der Waals surface area contributed by atoms with Crippen molar-refractivity contribution in [2.75, 3.05) is 14.2 Å². The van der Waals surface area contributed by atoms with Crippen LogP contribution in [-0.4, -0.2) is 49.5 Å². The molecule has 0 saturated heterocycles. The Morgan fingerprint density at radius 2 is 0.690 bits per heavy atom. The zero-order valence-corrected chi connectivity index (χ0v) is 27.3. The topological polar surface area (TPSA) is 269 Å². The summed E-state index contributed by atoms with van der Waals surface area (Å²) in [5, 5.41) is 12.9. The number of aliphatic hydroxyl groups excluding tert-OH is 2. The molecule has 0 spiro atoms. The van der Waals surface area contributed by atoms with Crippen LogP contribution in [0.2, 0.25) is 0 Å². The minimum Gasteiger partial charge on any atom is -2.00 e. The van der Waals surface area contributed by atoms with Crippen LogP contribution in [0.3, 0.4) is 0 Å². The van der Waals surface area contributed by atoms with E-state index in [1.807, 2.05) is 72.8 Å². The summed E-state index contributed by atoms with van der Waals surface area (Å²) >= 11 is 0. The Kier molecular flexibility index (Phi) is 41.8. The Hall–Kier alpha value is -2.32. The van der Waals surface area contributed by atoms with Crippen molar-refractivity contribution in [2.24, 2.45) is 0 Å². The summed E-state index contributed by atoms with van der Waals surface area (Å²) in [6, 6.07) is 23.2. The second kappa shape index (κ2) is 31.6. The standard InChI is InChI=1S/2C10H8N2.C4H11O3P.2CH4O.4O.2V/c2*1-3-7-11-9(5-1)10-6-2-4-8-12-10;1-4(2,3)8(5,6)7;2*1-2;;;;;;/h2*1-8H;1-3H3,(H2,5,6,7);2*2H,1H3;;;;;;/q;;;;;4*-2;;/p-2. The Balaban J connectivity index is -0.0000000786. The monoisotopic (exact) mass is 678 g/mol. The third-order valence-electron chi connectivity index (χ3n) is 4.01. The smallest absolute Gasteiger partial charge is 0.0886 e. The SMILES string of the molecule is CC(C)(C)P(=O)([O-])[O-].CO.CO.[O-2].[O-2].[O-2].[O-2].[V].[V].c1ccc(-c2ccccn2)nc1.c1ccc(-c2ccccn2)nc1. The van der Waals surface area contributed by atoms with Gasteiger partial charge in [-0.05, 0) is 53.7 Å². The number of aromatic nitrogens is 4. The summed E-state index contributed by atoms with van der Waals surface area (Å²) in [6.07, 6.45) is 7.07. The average molecular weight is 678 g/mol. The van der Waals surface area contributed by atoms with E-state index in [2.05, 4.69) is 19.9 Å². The molecule has 0 amide bonds. The van der Waals surface area contributed by atoms with Crippen molar-refractivity contribution in [1.29, 1.82) is 0 Å². The minimum atomic E-state index is -4.35. The third-order valence-corrected chi connectivity index (χ3v) is 5.65. The van der Waals surface area contributed by atoms with Crippen LogP contribution in [0.5, 0.6) is 0 Å². The Morgan fingerprint density at radius 3 is 0.786 bits per heavy atom. The van der Waals surface area contributed by atoms with Crippen molar-refractivity contribution >= 4 is 7.60 Å². The van der Waals surface area contributed by atoms with E-state index in [1.165, 1.54) is 20.8 Å². The van der Waals surface area contributed by atoms with Crippen LogP contribution in [0, 0.1) is 0 Å². The van der Waals surface area contributed by atoms with Gasteiger partial charge in [-0.25, -0.2) is 0 Å². The predicted molar refractivity (Wildman–Crippen MR) is 141 cm³/mol. The molecule has 42 heavy (non-hydrogen) atoms. The van der Waals surface area contributed by atoms with Crippen LogP contribution in [0.1, 0.15) is 20.8 Å². The van der Waals surface area contributed by atoms with E-state index in [-0.39, 0.29) is 59.0 Å². The minimum absolute atomic E-state index is 0. The number of hydrogen-bond donors (Lipinski definition) is 2. The second-order valence-corrected chi connectivity index (χ2v) is 9.86. The summed E-state index contributed by atoms with van der Waals surface area (Å²) in [7, 11) is -2.35. The quantitative estimate of drug-likeness (QED) is 0.295. The summed E-state index contributed by atoms with van der Waals surface area (Å²) in [6.45, 7) is 4.15. The largest absolute Gasteiger partial charge is 2.00 e. The van der Waals surface area contributed by atoms with Crippen LogP contribution in [0.15, 0.2) is 97.6 Å². The van der Waals surface area contributed by atoms with Gasteiger partial charge in [0.15, 0.2) is 0 Å². The van der Waals surface area contributed by atoms with Gasteiger partial charge < -0.3 is 46.5 Å². The van der Waals surface area contributed by atoms with Crippen LogP contribution in [0.25, 0.3) is 22.8 Å². The van der Waals surface area contributed by atoms with Gasteiger partial charge in [-0.3, -0.25) is 19.9 Å². The molecule has 0 aromatic carbocycles. The molecule has 4 aromatic heterocycles. The Morgan fingerprint density at radius 1 is 0.524 bits per heavy atom. The van der Waals surface area contributed by atoms with Gasteiger partial charge in [-0.2, -0.15) is 0 Å². The molecular weight excluding hydrogens is 645 g/mol. The van der Waals surface area contributed by atoms with Crippen molar-refractivity contribution in [3.63, 3.8) is 0 Å². The molecule has 0 aliphatic rings. The van der Waals surface area contributed by atoms with Crippen LogP contribution in [-0.2, 0) is 63.6 Å². The molecule has 0 aliphatic carbocycles. The first-order chi connectivity index (χ1) is 17.2. The molecule has 0 fully saturated rings. The number of nitrogens with zero attached hydrogens (tertiary/aromatic N) is 4. The first kappa shape index (κ1) is 55.6. The second-order valence-electron chi connectivity index (χ2n) is 7.53. The summed E-state index contributed by atoms with van der Waals surface area (Å²) in [5.74, 6) is 0. The van der Waals surface area contributed by atoms with Crippen molar-refractivity contribution in [1.82, 2.24) is 19.9 Å².